The standard InChI is InChI=1S/C27H34N6O3/c1-16(2)29-25-24-20(14-23(32-25)17(3)36-26(35)19-8-6-5-7-9-19)15-28-27(33-24)31-22-12-10-21(11-13-22)30-18(4)34/h5-9,14-17,21-22H,10-13H2,1-4H3,(H,29,32)(H,30,34)(H,28,31,33)/t17-,21?,22?/m1/s1. The summed E-state index contributed by atoms with van der Waals surface area (Å²) in [6.45, 7) is 7.44. The van der Waals surface area contributed by atoms with E-state index in [1.165, 1.54) is 0 Å². The lowest BCUT2D eigenvalue weighted by Gasteiger charge is -2.29. The molecule has 0 bridgehead atoms. The van der Waals surface area contributed by atoms with Crippen molar-refractivity contribution in [2.75, 3.05) is 10.6 Å². The Balaban J connectivity index is 1.52. The minimum absolute atomic E-state index is 0.0190. The summed E-state index contributed by atoms with van der Waals surface area (Å²) in [4.78, 5) is 37.9. The Hall–Kier alpha value is -3.75. The Morgan fingerprint density at radius 1 is 1.00 bits per heavy atom. The molecule has 36 heavy (non-hydrogen) atoms. The van der Waals surface area contributed by atoms with E-state index in [9.17, 15) is 9.59 Å². The number of anilines is 2. The second-order valence-electron chi connectivity index (χ2n) is 9.63. The molecule has 1 fully saturated rings. The van der Waals surface area contributed by atoms with Gasteiger partial charge in [0.25, 0.3) is 0 Å². The Kier molecular flexibility index (Phi) is 7.97. The number of pyridine rings is 1. The van der Waals surface area contributed by atoms with Gasteiger partial charge in [-0.1, -0.05) is 18.2 Å². The average molecular weight is 491 g/mol. The van der Waals surface area contributed by atoms with Crippen LogP contribution in [0.3, 0.4) is 0 Å². The van der Waals surface area contributed by atoms with Crippen molar-refractivity contribution in [1.29, 1.82) is 0 Å². The molecule has 1 saturated carbocycles. The van der Waals surface area contributed by atoms with Gasteiger partial charge in [0.1, 0.15) is 11.6 Å². The van der Waals surface area contributed by atoms with E-state index in [0.717, 1.165) is 31.1 Å². The number of carbonyl (C=O) groups is 2. The lowest BCUT2D eigenvalue weighted by molar-refractivity contribution is -0.119. The summed E-state index contributed by atoms with van der Waals surface area (Å²) in [6.07, 6.45) is 4.95. The number of esters is 1. The molecule has 0 spiro atoms. The van der Waals surface area contributed by atoms with Crippen LogP contribution in [0.1, 0.15) is 75.5 Å². The second-order valence-corrected chi connectivity index (χ2v) is 9.63. The van der Waals surface area contributed by atoms with Crippen LogP contribution in [0.2, 0.25) is 0 Å². The molecule has 1 aliphatic carbocycles. The molecule has 3 aromatic rings. The first kappa shape index (κ1) is 25.3. The summed E-state index contributed by atoms with van der Waals surface area (Å²) in [7, 11) is 0. The summed E-state index contributed by atoms with van der Waals surface area (Å²) < 4.78 is 5.68. The third kappa shape index (κ3) is 6.47. The minimum atomic E-state index is -0.550. The van der Waals surface area contributed by atoms with Crippen molar-refractivity contribution >= 4 is 34.5 Å². The largest absolute Gasteiger partial charge is 0.453 e. The van der Waals surface area contributed by atoms with Crippen LogP contribution >= 0.6 is 0 Å². The molecule has 9 heteroatoms. The quantitative estimate of drug-likeness (QED) is 0.392. The number of nitrogens with one attached hydrogen (secondary N) is 3. The maximum absolute atomic E-state index is 12.5. The Morgan fingerprint density at radius 3 is 2.36 bits per heavy atom. The Morgan fingerprint density at radius 2 is 1.69 bits per heavy atom. The summed E-state index contributed by atoms with van der Waals surface area (Å²) in [5.74, 6) is 0.799. The van der Waals surface area contributed by atoms with Gasteiger partial charge in [0.2, 0.25) is 11.9 Å². The molecule has 1 atom stereocenters. The van der Waals surface area contributed by atoms with Crippen molar-refractivity contribution in [3.05, 3.63) is 53.9 Å². The van der Waals surface area contributed by atoms with Gasteiger partial charge in [-0.2, -0.15) is 0 Å². The van der Waals surface area contributed by atoms with E-state index < -0.39 is 12.1 Å². The predicted octanol–water partition coefficient (Wildman–Crippen LogP) is 4.62. The van der Waals surface area contributed by atoms with Crippen molar-refractivity contribution in [1.82, 2.24) is 20.3 Å². The molecule has 1 amide bonds. The van der Waals surface area contributed by atoms with Crippen LogP contribution in [0.25, 0.3) is 10.9 Å². The van der Waals surface area contributed by atoms with E-state index in [4.69, 9.17) is 14.7 Å². The average Bonchev–Trinajstić information content (AvgIpc) is 2.85. The third-order valence-electron chi connectivity index (χ3n) is 6.19. The van der Waals surface area contributed by atoms with Crippen LogP contribution in [-0.4, -0.2) is 45.0 Å². The molecule has 9 nitrogen and oxygen atoms in total. The monoisotopic (exact) mass is 490 g/mol. The van der Waals surface area contributed by atoms with Crippen molar-refractivity contribution in [2.24, 2.45) is 0 Å². The van der Waals surface area contributed by atoms with Crippen molar-refractivity contribution < 1.29 is 14.3 Å². The summed E-state index contributed by atoms with van der Waals surface area (Å²) in [5, 5.41) is 10.6. The first-order valence-corrected chi connectivity index (χ1v) is 12.5. The van der Waals surface area contributed by atoms with Crippen LogP contribution in [0.5, 0.6) is 0 Å². The lowest BCUT2D eigenvalue weighted by atomic mass is 9.91. The maximum Gasteiger partial charge on any atom is 0.338 e. The van der Waals surface area contributed by atoms with Crippen LogP contribution < -0.4 is 16.0 Å². The summed E-state index contributed by atoms with van der Waals surface area (Å²) in [5.41, 5.74) is 1.82. The van der Waals surface area contributed by atoms with Gasteiger partial charge < -0.3 is 20.7 Å². The minimum Gasteiger partial charge on any atom is -0.453 e. The topological polar surface area (TPSA) is 118 Å². The molecular formula is C27H34N6O3. The van der Waals surface area contributed by atoms with Gasteiger partial charge >= 0.3 is 5.97 Å². The van der Waals surface area contributed by atoms with E-state index in [2.05, 4.69) is 20.9 Å². The van der Waals surface area contributed by atoms with Gasteiger partial charge in [-0.05, 0) is 64.7 Å². The number of aromatic nitrogens is 3. The number of hydrogen-bond acceptors (Lipinski definition) is 8. The highest BCUT2D eigenvalue weighted by molar-refractivity contribution is 5.90. The number of benzene rings is 1. The zero-order chi connectivity index (χ0) is 25.7. The molecule has 0 saturated heterocycles. The molecule has 4 rings (SSSR count). The fraction of sp³-hybridized carbons (Fsp3) is 0.444. The molecule has 0 aliphatic heterocycles. The van der Waals surface area contributed by atoms with Gasteiger partial charge in [0.15, 0.2) is 5.82 Å². The highest BCUT2D eigenvalue weighted by atomic mass is 16.5. The zero-order valence-electron chi connectivity index (χ0n) is 21.2. The fourth-order valence-electron chi connectivity index (χ4n) is 4.43. The van der Waals surface area contributed by atoms with Crippen LogP contribution in [0.4, 0.5) is 11.8 Å². The first-order chi connectivity index (χ1) is 17.3. The third-order valence-corrected chi connectivity index (χ3v) is 6.19. The Bertz CT molecular complexity index is 1210. The smallest absolute Gasteiger partial charge is 0.338 e. The molecule has 3 N–H and O–H groups in total. The molecule has 2 heterocycles. The lowest BCUT2D eigenvalue weighted by Crippen LogP contribution is -2.39. The van der Waals surface area contributed by atoms with E-state index in [1.54, 1.807) is 37.4 Å². The van der Waals surface area contributed by atoms with Crippen LogP contribution in [0.15, 0.2) is 42.6 Å². The molecule has 190 valence electrons. The van der Waals surface area contributed by atoms with Gasteiger partial charge in [0.05, 0.1) is 11.3 Å². The van der Waals surface area contributed by atoms with Crippen molar-refractivity contribution in [3.8, 4) is 0 Å². The van der Waals surface area contributed by atoms with Gasteiger partial charge in [-0.3, -0.25) is 4.79 Å². The molecule has 1 aliphatic rings. The van der Waals surface area contributed by atoms with E-state index >= 15 is 0 Å². The van der Waals surface area contributed by atoms with E-state index in [0.29, 0.717) is 28.5 Å². The van der Waals surface area contributed by atoms with Crippen LogP contribution in [-0.2, 0) is 9.53 Å². The normalized spacial score (nSPS) is 18.5. The second kappa shape index (κ2) is 11.3. The van der Waals surface area contributed by atoms with Crippen LogP contribution in [0, 0.1) is 0 Å². The number of amides is 1. The molecule has 0 unspecified atom stereocenters. The predicted molar refractivity (Wildman–Crippen MR) is 140 cm³/mol. The number of rotatable bonds is 8. The first-order valence-electron chi connectivity index (χ1n) is 12.5. The van der Waals surface area contributed by atoms with E-state index in [-0.39, 0.29) is 24.0 Å². The van der Waals surface area contributed by atoms with Gasteiger partial charge in [-0.15, -0.1) is 0 Å². The number of fused-ring (bicyclic) bond motifs is 1. The highest BCUT2D eigenvalue weighted by Crippen LogP contribution is 2.28. The maximum atomic E-state index is 12.5. The fourth-order valence-corrected chi connectivity index (χ4v) is 4.43. The highest BCUT2D eigenvalue weighted by Gasteiger charge is 2.23. The molecule has 0 radical (unpaired) electrons. The summed E-state index contributed by atoms with van der Waals surface area (Å²) in [6, 6.07) is 11.4. The van der Waals surface area contributed by atoms with E-state index in [1.807, 2.05) is 32.9 Å². The van der Waals surface area contributed by atoms with Crippen molar-refractivity contribution in [3.63, 3.8) is 0 Å². The number of carbonyl (C=O) groups excluding carboxylic acids is 2. The van der Waals surface area contributed by atoms with Gasteiger partial charge in [0, 0.05) is 36.6 Å². The SMILES string of the molecule is CC(=O)NC1CCC(Nc2ncc3cc([C@@H](C)OC(=O)c4ccccc4)nc(NC(C)C)c3n2)CC1. The molecule has 1 aromatic carbocycles. The molecular weight excluding hydrogens is 456 g/mol. The Labute approximate surface area is 211 Å². The zero-order valence-corrected chi connectivity index (χ0v) is 21.2. The number of nitrogens with zero attached hydrogens (tertiary/aromatic N) is 3. The number of ether oxygens (including phenoxy) is 1. The molecule has 2 aromatic heterocycles. The summed E-state index contributed by atoms with van der Waals surface area (Å²) >= 11 is 0. The van der Waals surface area contributed by atoms with Gasteiger partial charge in [-0.25, -0.2) is 19.7 Å². The van der Waals surface area contributed by atoms with Crippen molar-refractivity contribution in [2.45, 2.75) is 77.6 Å². The number of hydrogen-bond donors (Lipinski definition) is 3.